The lowest BCUT2D eigenvalue weighted by atomic mass is 10.2. The van der Waals surface area contributed by atoms with Crippen LogP contribution in [0.5, 0.6) is 0 Å². The van der Waals surface area contributed by atoms with Crippen LogP contribution in [0.3, 0.4) is 0 Å². The predicted octanol–water partition coefficient (Wildman–Crippen LogP) is 1.54. The molecule has 0 atom stereocenters. The molecule has 0 fully saturated rings. The first-order valence-corrected chi connectivity index (χ1v) is 6.92. The molecule has 7 nitrogen and oxygen atoms in total. The van der Waals surface area contributed by atoms with Gasteiger partial charge < -0.3 is 19.5 Å². The smallest absolute Gasteiger partial charge is 0.291 e. The molecule has 0 bridgehead atoms. The quantitative estimate of drug-likeness (QED) is 0.369. The van der Waals surface area contributed by atoms with Gasteiger partial charge in [-0.15, -0.1) is 5.26 Å². The Hall–Kier alpha value is -2.53. The van der Waals surface area contributed by atoms with Crippen LogP contribution in [-0.4, -0.2) is 29.5 Å². The Morgan fingerprint density at radius 3 is 2.82 bits per heavy atom. The van der Waals surface area contributed by atoms with Crippen LogP contribution < -0.4 is 10.9 Å². The van der Waals surface area contributed by atoms with Gasteiger partial charge in [0, 0.05) is 38.0 Å². The molecule has 1 aromatic rings. The van der Waals surface area contributed by atoms with E-state index in [2.05, 4.69) is 26.0 Å². The molecule has 22 heavy (non-hydrogen) atoms. The number of halogens is 1. The number of nitrogens with one attached hydrogen (secondary N) is 1. The van der Waals surface area contributed by atoms with Crippen molar-refractivity contribution in [3.8, 4) is 6.26 Å². The van der Waals surface area contributed by atoms with Gasteiger partial charge in [0.15, 0.2) is 0 Å². The molecule has 0 unspecified atom stereocenters. The number of hydrogen-bond acceptors (Lipinski definition) is 5. The van der Waals surface area contributed by atoms with E-state index in [1.165, 1.54) is 28.0 Å². The van der Waals surface area contributed by atoms with Crippen LogP contribution in [0.4, 0.5) is 5.69 Å². The van der Waals surface area contributed by atoms with Gasteiger partial charge in [-0.25, -0.2) is 0 Å². The van der Waals surface area contributed by atoms with Gasteiger partial charge in [-0.3, -0.25) is 9.59 Å². The number of hydrogen-bond donors (Lipinski definition) is 1. The molecule has 0 radical (unpaired) electrons. The highest BCUT2D eigenvalue weighted by molar-refractivity contribution is 9.10. The number of aromatic nitrogens is 1. The Labute approximate surface area is 136 Å². The molecule has 116 valence electrons. The van der Waals surface area contributed by atoms with E-state index in [-0.39, 0.29) is 17.0 Å². The van der Waals surface area contributed by atoms with E-state index in [1.54, 1.807) is 33.4 Å². The Balaban J connectivity index is 3.11. The molecule has 0 aliphatic carbocycles. The minimum absolute atomic E-state index is 0.224. The van der Waals surface area contributed by atoms with Crippen LogP contribution in [0.25, 0.3) is 0 Å². The van der Waals surface area contributed by atoms with Crippen molar-refractivity contribution < 1.29 is 9.53 Å². The van der Waals surface area contributed by atoms with Crippen molar-refractivity contribution in [1.29, 1.82) is 5.26 Å². The van der Waals surface area contributed by atoms with Gasteiger partial charge in [-0.2, -0.15) is 0 Å². The highest BCUT2D eigenvalue weighted by Gasteiger charge is 2.10. The van der Waals surface area contributed by atoms with E-state index in [1.807, 2.05) is 0 Å². The SMILES string of the molecule is CN(C)C(=O)C(/C=C\OC#N)=C/Nc1cc(Br)cn(C)c1=O. The van der Waals surface area contributed by atoms with Gasteiger partial charge in [0.05, 0.1) is 5.57 Å². The van der Waals surface area contributed by atoms with Crippen molar-refractivity contribution in [2.24, 2.45) is 7.05 Å². The summed E-state index contributed by atoms with van der Waals surface area (Å²) in [4.78, 5) is 25.3. The van der Waals surface area contributed by atoms with Crippen molar-refractivity contribution in [2.75, 3.05) is 19.4 Å². The number of likely N-dealkylation sites (N-methyl/N-ethyl adjacent to an activating group) is 1. The average Bonchev–Trinajstić information content (AvgIpc) is 2.46. The summed E-state index contributed by atoms with van der Waals surface area (Å²) in [5.41, 5.74) is 0.283. The zero-order chi connectivity index (χ0) is 16.7. The summed E-state index contributed by atoms with van der Waals surface area (Å²) in [5.74, 6) is -0.308. The monoisotopic (exact) mass is 366 g/mol. The maximum Gasteiger partial charge on any atom is 0.291 e. The van der Waals surface area contributed by atoms with E-state index >= 15 is 0 Å². The number of carbonyl (C=O) groups is 1. The van der Waals surface area contributed by atoms with E-state index in [0.29, 0.717) is 10.2 Å². The van der Waals surface area contributed by atoms with Crippen LogP contribution in [0.1, 0.15) is 0 Å². The summed E-state index contributed by atoms with van der Waals surface area (Å²) in [7, 11) is 4.80. The molecule has 1 aromatic heterocycles. The van der Waals surface area contributed by atoms with E-state index in [4.69, 9.17) is 5.26 Å². The minimum Gasteiger partial charge on any atom is -0.396 e. The Bertz CT molecular complexity index is 714. The van der Waals surface area contributed by atoms with E-state index < -0.39 is 0 Å². The van der Waals surface area contributed by atoms with Gasteiger partial charge in [0.2, 0.25) is 0 Å². The summed E-state index contributed by atoms with van der Waals surface area (Å²) in [6, 6.07) is 1.60. The summed E-state index contributed by atoms with van der Waals surface area (Å²) in [6.07, 6.45) is 6.90. The largest absolute Gasteiger partial charge is 0.396 e. The molecule has 8 heteroatoms. The lowest BCUT2D eigenvalue weighted by molar-refractivity contribution is -0.124. The van der Waals surface area contributed by atoms with Gasteiger partial charge in [0.25, 0.3) is 17.7 Å². The Morgan fingerprint density at radius 1 is 1.55 bits per heavy atom. The summed E-state index contributed by atoms with van der Waals surface area (Å²) >= 11 is 3.29. The number of ether oxygens (including phenoxy) is 1. The third-order valence-corrected chi connectivity index (χ3v) is 2.99. The Kier molecular flexibility index (Phi) is 6.41. The summed E-state index contributed by atoms with van der Waals surface area (Å²) in [6.45, 7) is 0. The maximum absolute atomic E-state index is 12.0. The van der Waals surface area contributed by atoms with Crippen molar-refractivity contribution in [3.63, 3.8) is 0 Å². The molecule has 1 heterocycles. The summed E-state index contributed by atoms with van der Waals surface area (Å²) < 4.78 is 6.54. The number of anilines is 1. The van der Waals surface area contributed by atoms with Crippen LogP contribution in [0.15, 0.2) is 45.6 Å². The zero-order valence-electron chi connectivity index (χ0n) is 12.3. The third-order valence-electron chi connectivity index (χ3n) is 2.55. The maximum atomic E-state index is 12.0. The predicted molar refractivity (Wildman–Crippen MR) is 85.6 cm³/mol. The van der Waals surface area contributed by atoms with Gasteiger partial charge in [-0.1, -0.05) is 0 Å². The second-order valence-corrected chi connectivity index (χ2v) is 5.36. The molecular weight excluding hydrogens is 352 g/mol. The normalized spacial score (nSPS) is 11.1. The number of amides is 1. The van der Waals surface area contributed by atoms with Gasteiger partial charge in [-0.05, 0) is 28.1 Å². The summed E-state index contributed by atoms with van der Waals surface area (Å²) in [5, 5.41) is 11.1. The molecule has 1 amide bonds. The fourth-order valence-electron chi connectivity index (χ4n) is 1.51. The molecule has 0 aliphatic rings. The number of nitrogens with zero attached hydrogens (tertiary/aromatic N) is 3. The molecule has 0 spiro atoms. The van der Waals surface area contributed by atoms with Crippen molar-refractivity contribution in [2.45, 2.75) is 0 Å². The Morgan fingerprint density at radius 2 is 2.23 bits per heavy atom. The number of nitriles is 1. The molecule has 0 saturated heterocycles. The molecule has 1 N–H and O–H groups in total. The van der Waals surface area contributed by atoms with Crippen molar-refractivity contribution >= 4 is 27.5 Å². The van der Waals surface area contributed by atoms with Crippen molar-refractivity contribution in [3.05, 3.63) is 51.2 Å². The standard InChI is InChI=1S/C14H15BrN4O3/c1-18(2)13(20)10(4-5-22-9-16)7-17-12-6-11(15)8-19(3)14(12)21/h4-8,17H,1-3H3/b5-4-,10-7+. The fourth-order valence-corrected chi connectivity index (χ4v) is 2.04. The van der Waals surface area contributed by atoms with E-state index in [9.17, 15) is 9.59 Å². The topological polar surface area (TPSA) is 87.4 Å². The fraction of sp³-hybridized carbons (Fsp3) is 0.214. The highest BCUT2D eigenvalue weighted by atomic mass is 79.9. The van der Waals surface area contributed by atoms with Gasteiger partial charge in [0.1, 0.15) is 11.9 Å². The number of aryl methyl sites for hydroxylation is 1. The molecule has 0 aliphatic heterocycles. The second kappa shape index (κ2) is 8.05. The minimum atomic E-state index is -0.308. The zero-order valence-corrected chi connectivity index (χ0v) is 13.9. The van der Waals surface area contributed by atoms with Gasteiger partial charge >= 0.3 is 0 Å². The highest BCUT2D eigenvalue weighted by Crippen LogP contribution is 2.12. The first-order chi connectivity index (χ1) is 10.4. The number of rotatable bonds is 5. The molecule has 1 rings (SSSR count). The van der Waals surface area contributed by atoms with Crippen LogP contribution in [-0.2, 0) is 16.6 Å². The first kappa shape index (κ1) is 17.5. The molecular formula is C14H15BrN4O3. The lowest BCUT2D eigenvalue weighted by Gasteiger charge is -2.11. The lowest BCUT2D eigenvalue weighted by Crippen LogP contribution is -2.24. The van der Waals surface area contributed by atoms with E-state index in [0.717, 1.165) is 6.26 Å². The molecule has 0 aromatic carbocycles. The molecule has 0 saturated carbocycles. The van der Waals surface area contributed by atoms with Crippen LogP contribution in [0, 0.1) is 11.5 Å². The number of pyridine rings is 1. The average molecular weight is 367 g/mol. The van der Waals surface area contributed by atoms with Crippen molar-refractivity contribution in [1.82, 2.24) is 9.47 Å². The second-order valence-electron chi connectivity index (χ2n) is 4.44. The third kappa shape index (κ3) is 4.79. The first-order valence-electron chi connectivity index (χ1n) is 6.12. The van der Waals surface area contributed by atoms with Crippen LogP contribution in [0.2, 0.25) is 0 Å². The number of carbonyl (C=O) groups excluding carboxylic acids is 1. The van der Waals surface area contributed by atoms with Crippen LogP contribution >= 0.6 is 15.9 Å².